The molecule has 0 aliphatic carbocycles. The summed E-state index contributed by atoms with van der Waals surface area (Å²) < 4.78 is 1.60. The summed E-state index contributed by atoms with van der Waals surface area (Å²) in [4.78, 5) is 12.2. The van der Waals surface area contributed by atoms with E-state index in [1.807, 2.05) is 32.0 Å². The van der Waals surface area contributed by atoms with Crippen molar-refractivity contribution in [1.82, 2.24) is 25.5 Å². The number of rotatable bonds is 4. The lowest BCUT2D eigenvalue weighted by molar-refractivity contribution is -0.121. The number of amides is 1. The highest BCUT2D eigenvalue weighted by atomic mass is 16.1. The molecule has 21 heavy (non-hydrogen) atoms. The Kier molecular flexibility index (Phi) is 3.66. The summed E-state index contributed by atoms with van der Waals surface area (Å²) in [5.74, 6) is 0.522. The minimum Gasteiger partial charge on any atom is -0.326 e. The standard InChI is InChI=1S/C14H18N6O/c1-9-5-12(3-4-13(9)20-8-16-18-19-20)17-14(21)10(2)11-6-15-7-11/h3-5,8,10-11,15H,6-7H2,1-2H3,(H,17,21). The van der Waals surface area contributed by atoms with Crippen molar-refractivity contribution in [2.24, 2.45) is 11.8 Å². The molecule has 1 fully saturated rings. The van der Waals surface area contributed by atoms with E-state index in [0.717, 1.165) is 30.0 Å². The van der Waals surface area contributed by atoms with Gasteiger partial charge in [-0.3, -0.25) is 4.79 Å². The number of tetrazole rings is 1. The number of hydrogen-bond donors (Lipinski definition) is 2. The van der Waals surface area contributed by atoms with E-state index in [4.69, 9.17) is 0 Å². The third kappa shape index (κ3) is 2.78. The lowest BCUT2D eigenvalue weighted by Gasteiger charge is -2.31. The van der Waals surface area contributed by atoms with Crippen LogP contribution in [0.25, 0.3) is 5.69 Å². The summed E-state index contributed by atoms with van der Waals surface area (Å²) >= 11 is 0. The molecule has 0 spiro atoms. The zero-order chi connectivity index (χ0) is 14.8. The lowest BCUT2D eigenvalue weighted by Crippen LogP contribution is -2.48. The van der Waals surface area contributed by atoms with Gasteiger partial charge in [0.2, 0.25) is 5.91 Å². The molecule has 1 amide bonds. The Labute approximate surface area is 122 Å². The van der Waals surface area contributed by atoms with Gasteiger partial charge in [-0.1, -0.05) is 6.92 Å². The molecule has 3 rings (SSSR count). The molecule has 1 saturated heterocycles. The van der Waals surface area contributed by atoms with Gasteiger partial charge in [-0.2, -0.15) is 0 Å². The molecule has 1 aliphatic heterocycles. The molecule has 2 heterocycles. The van der Waals surface area contributed by atoms with Crippen LogP contribution in [0, 0.1) is 18.8 Å². The van der Waals surface area contributed by atoms with Gasteiger partial charge in [0, 0.05) is 11.6 Å². The average Bonchev–Trinajstić information content (AvgIpc) is 2.90. The van der Waals surface area contributed by atoms with Crippen LogP contribution in [0.3, 0.4) is 0 Å². The second-order valence-electron chi connectivity index (χ2n) is 5.45. The summed E-state index contributed by atoms with van der Waals surface area (Å²) in [6.07, 6.45) is 1.55. The number of carbonyl (C=O) groups excluding carboxylic acids is 1. The van der Waals surface area contributed by atoms with Crippen LogP contribution in [0.15, 0.2) is 24.5 Å². The molecule has 0 saturated carbocycles. The summed E-state index contributed by atoms with van der Waals surface area (Å²) in [7, 11) is 0. The van der Waals surface area contributed by atoms with Gasteiger partial charge in [-0.05, 0) is 60.1 Å². The number of carbonyl (C=O) groups is 1. The van der Waals surface area contributed by atoms with Crippen LogP contribution in [-0.2, 0) is 4.79 Å². The van der Waals surface area contributed by atoms with Crippen molar-refractivity contribution in [3.05, 3.63) is 30.1 Å². The molecule has 1 unspecified atom stereocenters. The Morgan fingerprint density at radius 3 is 2.86 bits per heavy atom. The van der Waals surface area contributed by atoms with Crippen molar-refractivity contribution in [2.75, 3.05) is 18.4 Å². The molecule has 1 aromatic heterocycles. The van der Waals surface area contributed by atoms with Crippen LogP contribution in [0.2, 0.25) is 0 Å². The Hall–Kier alpha value is -2.28. The van der Waals surface area contributed by atoms with Crippen LogP contribution in [0.4, 0.5) is 5.69 Å². The predicted molar refractivity (Wildman–Crippen MR) is 78.0 cm³/mol. The first-order valence-electron chi connectivity index (χ1n) is 7.01. The highest BCUT2D eigenvalue weighted by Gasteiger charge is 2.28. The van der Waals surface area contributed by atoms with Gasteiger partial charge < -0.3 is 10.6 Å². The zero-order valence-corrected chi connectivity index (χ0v) is 12.1. The Morgan fingerprint density at radius 2 is 2.29 bits per heavy atom. The third-order valence-electron chi connectivity index (χ3n) is 3.99. The molecule has 7 nitrogen and oxygen atoms in total. The molecule has 7 heteroatoms. The quantitative estimate of drug-likeness (QED) is 0.867. The SMILES string of the molecule is Cc1cc(NC(=O)C(C)C2CNC2)ccc1-n1cnnn1. The molecule has 0 bridgehead atoms. The minimum absolute atomic E-state index is 0.0192. The minimum atomic E-state index is 0.0192. The van der Waals surface area contributed by atoms with Crippen molar-refractivity contribution < 1.29 is 4.79 Å². The summed E-state index contributed by atoms with van der Waals surface area (Å²) in [5.41, 5.74) is 2.70. The Balaban J connectivity index is 1.71. The number of aryl methyl sites for hydroxylation is 1. The topological polar surface area (TPSA) is 84.7 Å². The maximum atomic E-state index is 12.2. The van der Waals surface area contributed by atoms with Crippen LogP contribution in [-0.4, -0.2) is 39.2 Å². The van der Waals surface area contributed by atoms with E-state index in [2.05, 4.69) is 26.2 Å². The molecule has 0 radical (unpaired) electrons. The number of anilines is 1. The first-order valence-corrected chi connectivity index (χ1v) is 7.01. The van der Waals surface area contributed by atoms with E-state index in [1.54, 1.807) is 11.0 Å². The highest BCUT2D eigenvalue weighted by Crippen LogP contribution is 2.21. The monoisotopic (exact) mass is 286 g/mol. The normalized spacial score (nSPS) is 16.3. The van der Waals surface area contributed by atoms with Gasteiger partial charge >= 0.3 is 0 Å². The van der Waals surface area contributed by atoms with Gasteiger partial charge in [-0.15, -0.1) is 5.10 Å². The number of hydrogen-bond acceptors (Lipinski definition) is 5. The van der Waals surface area contributed by atoms with Crippen LogP contribution in [0.1, 0.15) is 12.5 Å². The number of benzene rings is 1. The van der Waals surface area contributed by atoms with Crippen molar-refractivity contribution >= 4 is 11.6 Å². The summed E-state index contributed by atoms with van der Waals surface area (Å²) in [6, 6.07) is 5.70. The van der Waals surface area contributed by atoms with Gasteiger partial charge in [0.25, 0.3) is 0 Å². The summed E-state index contributed by atoms with van der Waals surface area (Å²) in [6.45, 7) is 5.78. The smallest absolute Gasteiger partial charge is 0.227 e. The van der Waals surface area contributed by atoms with Gasteiger partial charge in [0.15, 0.2) is 0 Å². The van der Waals surface area contributed by atoms with Crippen molar-refractivity contribution in [3.8, 4) is 5.69 Å². The molecular formula is C14H18N6O. The second-order valence-corrected chi connectivity index (χ2v) is 5.45. The second kappa shape index (κ2) is 5.61. The highest BCUT2D eigenvalue weighted by molar-refractivity contribution is 5.92. The van der Waals surface area contributed by atoms with Crippen LogP contribution < -0.4 is 10.6 Å². The molecular weight excluding hydrogens is 268 g/mol. The zero-order valence-electron chi connectivity index (χ0n) is 12.1. The van der Waals surface area contributed by atoms with E-state index in [0.29, 0.717) is 5.92 Å². The van der Waals surface area contributed by atoms with Crippen molar-refractivity contribution in [2.45, 2.75) is 13.8 Å². The predicted octanol–water partition coefficient (Wildman–Crippen LogP) is 0.765. The van der Waals surface area contributed by atoms with Gasteiger partial charge in [0.1, 0.15) is 6.33 Å². The van der Waals surface area contributed by atoms with Gasteiger partial charge in [-0.25, -0.2) is 4.68 Å². The van der Waals surface area contributed by atoms with E-state index in [1.165, 1.54) is 0 Å². The summed E-state index contributed by atoms with van der Waals surface area (Å²) in [5, 5.41) is 17.3. The largest absolute Gasteiger partial charge is 0.326 e. The molecule has 110 valence electrons. The lowest BCUT2D eigenvalue weighted by atomic mass is 9.88. The fraction of sp³-hybridized carbons (Fsp3) is 0.429. The first kappa shape index (κ1) is 13.7. The first-order chi connectivity index (χ1) is 10.1. The van der Waals surface area contributed by atoms with Gasteiger partial charge in [0.05, 0.1) is 5.69 Å². The maximum absolute atomic E-state index is 12.2. The van der Waals surface area contributed by atoms with Crippen LogP contribution >= 0.6 is 0 Å². The number of aromatic nitrogens is 4. The van der Waals surface area contributed by atoms with E-state index >= 15 is 0 Å². The molecule has 1 aliphatic rings. The number of nitrogens with one attached hydrogen (secondary N) is 2. The molecule has 1 aromatic carbocycles. The maximum Gasteiger partial charge on any atom is 0.227 e. The van der Waals surface area contributed by atoms with Crippen molar-refractivity contribution in [1.29, 1.82) is 0 Å². The van der Waals surface area contributed by atoms with E-state index < -0.39 is 0 Å². The molecule has 1 atom stereocenters. The average molecular weight is 286 g/mol. The van der Waals surface area contributed by atoms with Crippen LogP contribution in [0.5, 0.6) is 0 Å². The molecule has 2 aromatic rings. The Morgan fingerprint density at radius 1 is 1.48 bits per heavy atom. The fourth-order valence-corrected chi connectivity index (χ4v) is 2.40. The fourth-order valence-electron chi connectivity index (χ4n) is 2.40. The number of nitrogens with zero attached hydrogens (tertiary/aromatic N) is 4. The van der Waals surface area contributed by atoms with E-state index in [9.17, 15) is 4.79 Å². The van der Waals surface area contributed by atoms with E-state index in [-0.39, 0.29) is 11.8 Å². The third-order valence-corrected chi connectivity index (χ3v) is 3.99. The molecule has 2 N–H and O–H groups in total. The van der Waals surface area contributed by atoms with Crippen molar-refractivity contribution in [3.63, 3.8) is 0 Å². The Bertz CT molecular complexity index is 635.